The molecule has 3 unspecified atom stereocenters. The number of carbonyl (C=O) groups is 1. The number of carboxylic acid groups (broad SMARTS) is 1. The second-order valence-electron chi connectivity index (χ2n) is 3.84. The summed E-state index contributed by atoms with van der Waals surface area (Å²) in [4.78, 5) is 11.0. The minimum absolute atomic E-state index is 0.151. The van der Waals surface area contributed by atoms with Gasteiger partial charge in [-0.15, -0.1) is 0 Å². The Bertz CT molecular complexity index is 190. The van der Waals surface area contributed by atoms with Crippen molar-refractivity contribution in [1.82, 2.24) is 5.32 Å². The summed E-state index contributed by atoms with van der Waals surface area (Å²) < 4.78 is 5.38. The third-order valence-electron chi connectivity index (χ3n) is 2.68. The number of hydrogen-bond donors (Lipinski definition) is 2. The second kappa shape index (κ2) is 5.32. The lowest BCUT2D eigenvalue weighted by atomic mass is 10.1. The van der Waals surface area contributed by atoms with E-state index in [0.29, 0.717) is 6.61 Å². The van der Waals surface area contributed by atoms with Gasteiger partial charge < -0.3 is 9.84 Å². The molecule has 2 N–H and O–H groups in total. The number of carboxylic acids is 1. The van der Waals surface area contributed by atoms with Crippen LogP contribution in [0.4, 0.5) is 0 Å². The second-order valence-corrected chi connectivity index (χ2v) is 3.84. The van der Waals surface area contributed by atoms with E-state index < -0.39 is 12.0 Å². The molecule has 1 saturated heterocycles. The van der Waals surface area contributed by atoms with Crippen molar-refractivity contribution in [2.45, 2.75) is 51.3 Å². The summed E-state index contributed by atoms with van der Waals surface area (Å²) in [5, 5.41) is 12.1. The van der Waals surface area contributed by atoms with Gasteiger partial charge in [0.25, 0.3) is 0 Å². The molecule has 0 bridgehead atoms. The lowest BCUT2D eigenvalue weighted by Crippen LogP contribution is -2.49. The van der Waals surface area contributed by atoms with Crippen LogP contribution >= 0.6 is 0 Å². The normalized spacial score (nSPS) is 26.0. The van der Waals surface area contributed by atoms with Crippen LogP contribution in [0.1, 0.15) is 33.1 Å². The van der Waals surface area contributed by atoms with Crippen molar-refractivity contribution in [3.8, 4) is 0 Å². The predicted molar refractivity (Wildman–Crippen MR) is 53.3 cm³/mol. The van der Waals surface area contributed by atoms with Crippen LogP contribution in [-0.2, 0) is 9.53 Å². The highest BCUT2D eigenvalue weighted by Gasteiger charge is 2.31. The highest BCUT2D eigenvalue weighted by molar-refractivity contribution is 5.74. The average molecular weight is 201 g/mol. The maximum Gasteiger partial charge on any atom is 0.323 e. The van der Waals surface area contributed by atoms with Crippen molar-refractivity contribution in [2.24, 2.45) is 0 Å². The topological polar surface area (TPSA) is 58.6 Å². The molecule has 1 aliphatic rings. The number of hydrogen-bond acceptors (Lipinski definition) is 3. The monoisotopic (exact) mass is 201 g/mol. The largest absolute Gasteiger partial charge is 0.480 e. The average Bonchev–Trinajstić information content (AvgIpc) is 2.65. The molecule has 4 heteroatoms. The zero-order valence-corrected chi connectivity index (χ0v) is 8.82. The van der Waals surface area contributed by atoms with Gasteiger partial charge in [0, 0.05) is 12.6 Å². The summed E-state index contributed by atoms with van der Waals surface area (Å²) in [5.41, 5.74) is 0. The number of ether oxygens (including phenoxy) is 1. The maximum atomic E-state index is 11.0. The van der Waals surface area contributed by atoms with E-state index in [1.807, 2.05) is 13.8 Å². The van der Waals surface area contributed by atoms with Crippen LogP contribution in [0.25, 0.3) is 0 Å². The van der Waals surface area contributed by atoms with Gasteiger partial charge in [-0.1, -0.05) is 6.92 Å². The first-order valence-electron chi connectivity index (χ1n) is 5.25. The Balaban J connectivity index is 2.49. The fourth-order valence-electron chi connectivity index (χ4n) is 1.63. The van der Waals surface area contributed by atoms with E-state index in [4.69, 9.17) is 9.84 Å². The molecule has 0 aliphatic carbocycles. The van der Waals surface area contributed by atoms with Gasteiger partial charge >= 0.3 is 5.97 Å². The minimum atomic E-state index is -0.808. The summed E-state index contributed by atoms with van der Waals surface area (Å²) in [7, 11) is 0. The highest BCUT2D eigenvalue weighted by Crippen LogP contribution is 2.16. The molecule has 1 rings (SSSR count). The van der Waals surface area contributed by atoms with Gasteiger partial charge in [0.1, 0.15) is 6.04 Å². The number of rotatable bonds is 5. The van der Waals surface area contributed by atoms with Gasteiger partial charge in [0.15, 0.2) is 0 Å². The van der Waals surface area contributed by atoms with Crippen LogP contribution in [-0.4, -0.2) is 35.9 Å². The Kier molecular flexibility index (Phi) is 4.35. The van der Waals surface area contributed by atoms with Crippen molar-refractivity contribution >= 4 is 5.97 Å². The SMILES string of the molecule is CCC(C)NC(C(=O)O)C1CCCO1. The summed E-state index contributed by atoms with van der Waals surface area (Å²) in [6, 6.07) is -0.326. The van der Waals surface area contributed by atoms with Gasteiger partial charge in [-0.05, 0) is 26.2 Å². The van der Waals surface area contributed by atoms with E-state index in [2.05, 4.69) is 5.32 Å². The molecule has 0 aromatic rings. The number of nitrogens with one attached hydrogen (secondary N) is 1. The van der Waals surface area contributed by atoms with Crippen LogP contribution in [0, 0.1) is 0 Å². The Morgan fingerprint density at radius 1 is 1.71 bits per heavy atom. The Labute approximate surface area is 84.6 Å². The fourth-order valence-corrected chi connectivity index (χ4v) is 1.63. The third-order valence-corrected chi connectivity index (χ3v) is 2.68. The summed E-state index contributed by atoms with van der Waals surface area (Å²) in [6.07, 6.45) is 2.59. The molecule has 1 aliphatic heterocycles. The zero-order chi connectivity index (χ0) is 10.6. The third kappa shape index (κ3) is 2.96. The van der Waals surface area contributed by atoms with E-state index in [9.17, 15) is 4.79 Å². The molecule has 3 atom stereocenters. The maximum absolute atomic E-state index is 11.0. The minimum Gasteiger partial charge on any atom is -0.480 e. The van der Waals surface area contributed by atoms with Crippen LogP contribution in [0.5, 0.6) is 0 Å². The summed E-state index contributed by atoms with van der Waals surface area (Å²) in [5.74, 6) is -0.808. The molecule has 1 fully saturated rings. The Morgan fingerprint density at radius 2 is 2.43 bits per heavy atom. The summed E-state index contributed by atoms with van der Waals surface area (Å²) in [6.45, 7) is 4.72. The van der Waals surface area contributed by atoms with Crippen LogP contribution in [0.15, 0.2) is 0 Å². The molecule has 0 aromatic heterocycles. The van der Waals surface area contributed by atoms with Crippen molar-refractivity contribution < 1.29 is 14.6 Å². The molecule has 0 amide bonds. The lowest BCUT2D eigenvalue weighted by molar-refractivity contribution is -0.143. The van der Waals surface area contributed by atoms with Crippen molar-refractivity contribution in [3.05, 3.63) is 0 Å². The van der Waals surface area contributed by atoms with Gasteiger partial charge in [0.2, 0.25) is 0 Å². The van der Waals surface area contributed by atoms with Crippen LogP contribution in [0.2, 0.25) is 0 Å². The van der Waals surface area contributed by atoms with Crippen molar-refractivity contribution in [1.29, 1.82) is 0 Å². The van der Waals surface area contributed by atoms with E-state index >= 15 is 0 Å². The smallest absolute Gasteiger partial charge is 0.323 e. The first-order valence-corrected chi connectivity index (χ1v) is 5.25. The quantitative estimate of drug-likeness (QED) is 0.697. The standard InChI is InChI=1S/C10H19NO3/c1-3-7(2)11-9(10(12)13)8-5-4-6-14-8/h7-9,11H,3-6H2,1-2H3,(H,12,13). The molecule has 82 valence electrons. The molecular weight excluding hydrogens is 182 g/mol. The predicted octanol–water partition coefficient (Wildman–Crippen LogP) is 1.01. The van der Waals surface area contributed by atoms with Gasteiger partial charge in [0.05, 0.1) is 6.10 Å². The van der Waals surface area contributed by atoms with E-state index in [1.165, 1.54) is 0 Å². The molecule has 0 spiro atoms. The van der Waals surface area contributed by atoms with Gasteiger partial charge in [-0.3, -0.25) is 10.1 Å². The van der Waals surface area contributed by atoms with Crippen LogP contribution < -0.4 is 5.32 Å². The Morgan fingerprint density at radius 3 is 2.86 bits per heavy atom. The summed E-state index contributed by atoms with van der Waals surface area (Å²) >= 11 is 0. The fraction of sp³-hybridized carbons (Fsp3) is 0.900. The first-order chi connectivity index (χ1) is 6.65. The highest BCUT2D eigenvalue weighted by atomic mass is 16.5. The molecule has 0 radical (unpaired) electrons. The molecule has 1 heterocycles. The molecule has 0 aromatic carbocycles. The van der Waals surface area contributed by atoms with E-state index in [-0.39, 0.29) is 12.1 Å². The zero-order valence-electron chi connectivity index (χ0n) is 8.82. The van der Waals surface area contributed by atoms with Gasteiger partial charge in [-0.2, -0.15) is 0 Å². The van der Waals surface area contributed by atoms with E-state index in [1.54, 1.807) is 0 Å². The van der Waals surface area contributed by atoms with Crippen molar-refractivity contribution in [3.63, 3.8) is 0 Å². The number of aliphatic carboxylic acids is 1. The molecule has 14 heavy (non-hydrogen) atoms. The van der Waals surface area contributed by atoms with Gasteiger partial charge in [-0.25, -0.2) is 0 Å². The Hall–Kier alpha value is -0.610. The molecule has 4 nitrogen and oxygen atoms in total. The molecular formula is C10H19NO3. The van der Waals surface area contributed by atoms with Crippen molar-refractivity contribution in [2.75, 3.05) is 6.61 Å². The van der Waals surface area contributed by atoms with Crippen LogP contribution in [0.3, 0.4) is 0 Å². The molecule has 0 saturated carbocycles. The lowest BCUT2D eigenvalue weighted by Gasteiger charge is -2.23. The first kappa shape index (κ1) is 11.5. The van der Waals surface area contributed by atoms with E-state index in [0.717, 1.165) is 19.3 Å².